The molecule has 0 bridgehead atoms. The first kappa shape index (κ1) is 19.3. The van der Waals surface area contributed by atoms with Crippen LogP contribution in [0.3, 0.4) is 0 Å². The van der Waals surface area contributed by atoms with Gasteiger partial charge in [-0.2, -0.15) is 13.2 Å². The lowest BCUT2D eigenvalue weighted by molar-refractivity contribution is -0.123. The molecule has 0 spiro atoms. The second-order valence-electron chi connectivity index (χ2n) is 4.90. The number of hydrogen-bond acceptors (Lipinski definition) is 3. The molecule has 10 heteroatoms. The van der Waals surface area contributed by atoms with Gasteiger partial charge in [-0.15, -0.1) is 0 Å². The van der Waals surface area contributed by atoms with E-state index in [1.807, 2.05) is 0 Å². The van der Waals surface area contributed by atoms with Crippen LogP contribution in [-0.4, -0.2) is 27.0 Å². The molecule has 0 fully saturated rings. The van der Waals surface area contributed by atoms with Gasteiger partial charge in [0.15, 0.2) is 0 Å². The third-order valence-electron chi connectivity index (χ3n) is 2.99. The van der Waals surface area contributed by atoms with E-state index in [1.165, 1.54) is 48.5 Å². The molecule has 0 aliphatic rings. The van der Waals surface area contributed by atoms with Crippen molar-refractivity contribution in [3.63, 3.8) is 0 Å². The molecular formula is C15H12BrF3N2O3S. The number of carbonyl (C=O) groups excluding carboxylic acids is 1. The lowest BCUT2D eigenvalue weighted by Gasteiger charge is -2.13. The standard InChI is InChI=1S/C15H12BrF3N2O3S/c16-10-5-7-11(8-6-10)25(23,24)21-13-4-2-1-3-12(13)14(22)20-9-15(17,18)19/h1-8,21H,9H2,(H,20,22). The summed E-state index contributed by atoms with van der Waals surface area (Å²) in [6.45, 7) is -1.51. The summed E-state index contributed by atoms with van der Waals surface area (Å²) < 4.78 is 64.3. The summed E-state index contributed by atoms with van der Waals surface area (Å²) in [6, 6.07) is 11.1. The quantitative estimate of drug-likeness (QED) is 0.752. The van der Waals surface area contributed by atoms with Gasteiger partial charge in [-0.3, -0.25) is 9.52 Å². The lowest BCUT2D eigenvalue weighted by atomic mass is 10.1. The van der Waals surface area contributed by atoms with Gasteiger partial charge in [-0.1, -0.05) is 28.1 Å². The topological polar surface area (TPSA) is 75.3 Å². The Morgan fingerprint density at radius 2 is 1.64 bits per heavy atom. The zero-order valence-electron chi connectivity index (χ0n) is 12.5. The summed E-state index contributed by atoms with van der Waals surface area (Å²) in [6.07, 6.45) is -4.57. The van der Waals surface area contributed by atoms with Gasteiger partial charge < -0.3 is 5.32 Å². The fourth-order valence-electron chi connectivity index (χ4n) is 1.86. The maximum absolute atomic E-state index is 12.4. The summed E-state index contributed by atoms with van der Waals surface area (Å²) >= 11 is 3.18. The third kappa shape index (κ3) is 5.46. The molecule has 2 N–H and O–H groups in total. The molecule has 2 aromatic rings. The molecule has 5 nitrogen and oxygen atoms in total. The van der Waals surface area contributed by atoms with Crippen LogP contribution in [0.2, 0.25) is 0 Å². The molecule has 1 amide bonds. The Morgan fingerprint density at radius 3 is 2.24 bits per heavy atom. The van der Waals surface area contributed by atoms with Gasteiger partial charge >= 0.3 is 6.18 Å². The number of halogens is 4. The molecule has 134 valence electrons. The number of sulfonamides is 1. The number of anilines is 1. The lowest BCUT2D eigenvalue weighted by Crippen LogP contribution is -2.34. The first-order valence-electron chi connectivity index (χ1n) is 6.81. The monoisotopic (exact) mass is 436 g/mol. The van der Waals surface area contributed by atoms with Crippen LogP contribution in [0.1, 0.15) is 10.4 Å². The summed E-state index contributed by atoms with van der Waals surface area (Å²) in [7, 11) is -4.00. The average Bonchev–Trinajstić information content (AvgIpc) is 2.52. The van der Waals surface area contributed by atoms with E-state index in [0.717, 1.165) is 0 Å². The summed E-state index contributed by atoms with van der Waals surface area (Å²) in [5.41, 5.74) is -0.336. The molecule has 0 radical (unpaired) electrons. The highest BCUT2D eigenvalue weighted by molar-refractivity contribution is 9.10. The second-order valence-corrected chi connectivity index (χ2v) is 7.50. The zero-order valence-corrected chi connectivity index (χ0v) is 14.9. The minimum Gasteiger partial charge on any atom is -0.343 e. The smallest absolute Gasteiger partial charge is 0.343 e. The first-order valence-corrected chi connectivity index (χ1v) is 9.08. The van der Waals surface area contributed by atoms with Crippen molar-refractivity contribution < 1.29 is 26.4 Å². The number of rotatable bonds is 5. The number of hydrogen-bond donors (Lipinski definition) is 2. The van der Waals surface area contributed by atoms with Crippen molar-refractivity contribution in [2.75, 3.05) is 11.3 Å². The Morgan fingerprint density at radius 1 is 1.04 bits per heavy atom. The minimum absolute atomic E-state index is 0.0544. The number of carbonyl (C=O) groups is 1. The van der Waals surface area contributed by atoms with E-state index in [4.69, 9.17) is 0 Å². The molecule has 0 aliphatic carbocycles. The Labute approximate surface area is 150 Å². The van der Waals surface area contributed by atoms with E-state index in [9.17, 15) is 26.4 Å². The summed E-state index contributed by atoms with van der Waals surface area (Å²) in [4.78, 5) is 11.9. The highest BCUT2D eigenvalue weighted by Crippen LogP contribution is 2.22. The van der Waals surface area contributed by atoms with E-state index in [2.05, 4.69) is 20.7 Å². The Hall–Kier alpha value is -2.07. The van der Waals surface area contributed by atoms with E-state index in [-0.39, 0.29) is 16.1 Å². The number of amides is 1. The molecule has 0 saturated heterocycles. The molecule has 0 heterocycles. The number of para-hydroxylation sites is 1. The van der Waals surface area contributed by atoms with Crippen molar-refractivity contribution >= 4 is 37.5 Å². The van der Waals surface area contributed by atoms with Crippen LogP contribution in [0.4, 0.5) is 18.9 Å². The van der Waals surface area contributed by atoms with E-state index in [1.54, 1.807) is 5.32 Å². The van der Waals surface area contributed by atoms with Crippen LogP contribution in [-0.2, 0) is 10.0 Å². The predicted octanol–water partition coefficient (Wildman–Crippen LogP) is 3.54. The number of benzene rings is 2. The minimum atomic E-state index is -4.57. The van der Waals surface area contributed by atoms with Gasteiger partial charge in [0.2, 0.25) is 0 Å². The molecule has 0 aliphatic heterocycles. The Kier molecular flexibility index (Phi) is 5.73. The van der Waals surface area contributed by atoms with Crippen LogP contribution >= 0.6 is 15.9 Å². The van der Waals surface area contributed by atoms with E-state index < -0.39 is 28.7 Å². The van der Waals surface area contributed by atoms with Crippen molar-refractivity contribution in [2.45, 2.75) is 11.1 Å². The SMILES string of the molecule is O=C(NCC(F)(F)F)c1ccccc1NS(=O)(=O)c1ccc(Br)cc1. The van der Waals surface area contributed by atoms with Gasteiger partial charge in [0.25, 0.3) is 15.9 Å². The first-order chi connectivity index (χ1) is 11.6. The van der Waals surface area contributed by atoms with Crippen molar-refractivity contribution in [1.29, 1.82) is 0 Å². The largest absolute Gasteiger partial charge is 0.405 e. The van der Waals surface area contributed by atoms with Crippen LogP contribution in [0.25, 0.3) is 0 Å². The molecular weight excluding hydrogens is 425 g/mol. The average molecular weight is 437 g/mol. The van der Waals surface area contributed by atoms with Gasteiger partial charge in [0, 0.05) is 4.47 Å². The predicted molar refractivity (Wildman–Crippen MR) is 89.8 cm³/mol. The fourth-order valence-corrected chi connectivity index (χ4v) is 3.21. The highest BCUT2D eigenvalue weighted by Gasteiger charge is 2.28. The van der Waals surface area contributed by atoms with Crippen LogP contribution in [0.5, 0.6) is 0 Å². The van der Waals surface area contributed by atoms with Crippen LogP contribution in [0.15, 0.2) is 57.9 Å². The number of nitrogens with one attached hydrogen (secondary N) is 2. The van der Waals surface area contributed by atoms with Crippen molar-refractivity contribution in [2.24, 2.45) is 0 Å². The van der Waals surface area contributed by atoms with E-state index in [0.29, 0.717) is 4.47 Å². The van der Waals surface area contributed by atoms with Crippen molar-refractivity contribution in [3.05, 3.63) is 58.6 Å². The van der Waals surface area contributed by atoms with Crippen molar-refractivity contribution in [3.8, 4) is 0 Å². The van der Waals surface area contributed by atoms with Crippen LogP contribution in [0, 0.1) is 0 Å². The Bertz CT molecular complexity index is 868. The second kappa shape index (κ2) is 7.44. The van der Waals surface area contributed by atoms with Gasteiger partial charge in [0.05, 0.1) is 16.1 Å². The molecule has 0 atom stereocenters. The van der Waals surface area contributed by atoms with Gasteiger partial charge in [-0.25, -0.2) is 8.42 Å². The number of alkyl halides is 3. The van der Waals surface area contributed by atoms with Gasteiger partial charge in [-0.05, 0) is 36.4 Å². The third-order valence-corrected chi connectivity index (χ3v) is 4.90. The molecule has 0 aromatic heterocycles. The van der Waals surface area contributed by atoms with Gasteiger partial charge in [0.1, 0.15) is 6.54 Å². The molecule has 2 rings (SSSR count). The normalized spacial score (nSPS) is 11.8. The zero-order chi connectivity index (χ0) is 18.7. The molecule has 25 heavy (non-hydrogen) atoms. The van der Waals surface area contributed by atoms with Crippen LogP contribution < -0.4 is 10.0 Å². The maximum atomic E-state index is 12.4. The van der Waals surface area contributed by atoms with E-state index >= 15 is 0 Å². The molecule has 2 aromatic carbocycles. The Balaban J connectivity index is 2.25. The van der Waals surface area contributed by atoms with Crippen molar-refractivity contribution in [1.82, 2.24) is 5.32 Å². The summed E-state index contributed by atoms with van der Waals surface area (Å²) in [5.74, 6) is -1.04. The fraction of sp³-hybridized carbons (Fsp3) is 0.133. The highest BCUT2D eigenvalue weighted by atomic mass is 79.9. The molecule has 0 saturated carbocycles. The maximum Gasteiger partial charge on any atom is 0.405 e. The molecule has 0 unspecified atom stereocenters. The summed E-state index contributed by atoms with van der Waals surface area (Å²) in [5, 5.41) is 1.71.